The quantitative estimate of drug-likeness (QED) is 0.858. The molecule has 128 valence electrons. The molecule has 2 aromatic rings. The molecule has 1 saturated carbocycles. The number of aromatic amines is 1. The monoisotopic (exact) mass is 349 g/mol. The van der Waals surface area contributed by atoms with E-state index < -0.39 is 0 Å². The lowest BCUT2D eigenvalue weighted by atomic mass is 9.92. The Balaban J connectivity index is 1.29. The molecule has 1 aliphatic carbocycles. The molecule has 3 heterocycles. The van der Waals surface area contributed by atoms with Gasteiger partial charge in [-0.2, -0.15) is 0 Å². The maximum absolute atomic E-state index is 12.2. The molecule has 2 aliphatic rings. The summed E-state index contributed by atoms with van der Waals surface area (Å²) in [6, 6.07) is 1.93. The molecule has 1 atom stereocenters. The van der Waals surface area contributed by atoms with Crippen LogP contribution in [0, 0.1) is 5.41 Å². The van der Waals surface area contributed by atoms with E-state index in [1.165, 1.54) is 0 Å². The first-order valence-electron chi connectivity index (χ1n) is 8.14. The van der Waals surface area contributed by atoms with Crippen LogP contribution in [0.1, 0.15) is 35.6 Å². The van der Waals surface area contributed by atoms with Gasteiger partial charge < -0.3 is 10.3 Å². The number of tetrazole rings is 1. The van der Waals surface area contributed by atoms with Crippen LogP contribution in [0.3, 0.4) is 0 Å². The Morgan fingerprint density at radius 3 is 2.92 bits per heavy atom. The Bertz CT molecular complexity index is 747. The van der Waals surface area contributed by atoms with E-state index in [4.69, 9.17) is 11.6 Å². The molecule has 2 fully saturated rings. The minimum atomic E-state index is -0.0728. The molecule has 1 spiro atoms. The van der Waals surface area contributed by atoms with Crippen LogP contribution in [0.4, 0.5) is 0 Å². The van der Waals surface area contributed by atoms with Crippen molar-refractivity contribution in [3.63, 3.8) is 0 Å². The van der Waals surface area contributed by atoms with Crippen molar-refractivity contribution in [2.45, 2.75) is 31.8 Å². The molecule has 24 heavy (non-hydrogen) atoms. The van der Waals surface area contributed by atoms with E-state index >= 15 is 0 Å². The van der Waals surface area contributed by atoms with Crippen molar-refractivity contribution in [3.05, 3.63) is 28.8 Å². The van der Waals surface area contributed by atoms with Crippen molar-refractivity contribution >= 4 is 17.5 Å². The minimum Gasteiger partial charge on any atom is -0.356 e. The number of hydrogen-bond donors (Lipinski definition) is 2. The number of piperidine rings is 1. The Morgan fingerprint density at radius 2 is 2.29 bits per heavy atom. The summed E-state index contributed by atoms with van der Waals surface area (Å²) >= 11 is 5.85. The van der Waals surface area contributed by atoms with Crippen molar-refractivity contribution in [1.82, 2.24) is 35.4 Å². The normalized spacial score (nSPS) is 22.7. The van der Waals surface area contributed by atoms with E-state index in [9.17, 15) is 4.79 Å². The highest BCUT2D eigenvalue weighted by molar-refractivity contribution is 6.30. The predicted molar refractivity (Wildman–Crippen MR) is 87.4 cm³/mol. The summed E-state index contributed by atoms with van der Waals surface area (Å²) in [6.07, 6.45) is 4.87. The number of carbonyl (C=O) groups excluding carboxylic acids is 1. The number of aryl methyl sites for hydroxylation is 1. The average molecular weight is 350 g/mol. The summed E-state index contributed by atoms with van der Waals surface area (Å²) in [5, 5.41) is 15.3. The fourth-order valence-corrected chi connectivity index (χ4v) is 3.74. The van der Waals surface area contributed by atoms with Gasteiger partial charge >= 0.3 is 0 Å². The Kier molecular flexibility index (Phi) is 3.80. The highest BCUT2D eigenvalue weighted by Crippen LogP contribution is 2.54. The number of likely N-dealkylation sites (tertiary alicyclic amines) is 1. The van der Waals surface area contributed by atoms with E-state index in [0.29, 0.717) is 10.7 Å². The number of halogens is 1. The molecular weight excluding hydrogens is 330 g/mol. The van der Waals surface area contributed by atoms with Crippen molar-refractivity contribution in [3.8, 4) is 0 Å². The zero-order chi connectivity index (χ0) is 16.7. The zero-order valence-electron chi connectivity index (χ0n) is 13.5. The first-order valence-corrected chi connectivity index (χ1v) is 8.52. The Labute approximate surface area is 144 Å². The highest BCUT2D eigenvalue weighted by atomic mass is 35.5. The van der Waals surface area contributed by atoms with Gasteiger partial charge in [0.05, 0.1) is 11.6 Å². The van der Waals surface area contributed by atoms with Crippen LogP contribution in [0.25, 0.3) is 0 Å². The van der Waals surface area contributed by atoms with Crippen LogP contribution in [-0.4, -0.2) is 55.1 Å². The van der Waals surface area contributed by atoms with Gasteiger partial charge in [0.2, 0.25) is 0 Å². The largest absolute Gasteiger partial charge is 0.356 e. The SMILES string of the molecule is Cn1nnnc1CN1CCC2(CC1)CC2NC(=O)c1cc(Cl)c[nH]1. The second kappa shape index (κ2) is 5.86. The Hall–Kier alpha value is -1.93. The standard InChI is InChI=1S/C15H20ClN7O/c1-22-13(19-20-21-22)9-23-4-2-15(3-5-23)7-12(15)18-14(24)11-6-10(16)8-17-11/h6,8,12,17H,2-5,7,9H2,1H3,(H,18,24). The molecule has 0 aromatic carbocycles. The number of carbonyl (C=O) groups is 1. The smallest absolute Gasteiger partial charge is 0.267 e. The summed E-state index contributed by atoms with van der Waals surface area (Å²) in [5.41, 5.74) is 0.787. The topological polar surface area (TPSA) is 91.7 Å². The average Bonchev–Trinajstić information content (AvgIpc) is 2.89. The molecule has 1 unspecified atom stereocenters. The van der Waals surface area contributed by atoms with Gasteiger partial charge in [0.25, 0.3) is 5.91 Å². The van der Waals surface area contributed by atoms with Gasteiger partial charge in [-0.1, -0.05) is 11.6 Å². The summed E-state index contributed by atoms with van der Waals surface area (Å²) < 4.78 is 1.71. The van der Waals surface area contributed by atoms with Crippen LogP contribution in [0.2, 0.25) is 5.02 Å². The molecule has 1 aliphatic heterocycles. The van der Waals surface area contributed by atoms with E-state index in [2.05, 4.69) is 30.7 Å². The maximum Gasteiger partial charge on any atom is 0.267 e. The lowest BCUT2D eigenvalue weighted by Crippen LogP contribution is -2.38. The van der Waals surface area contributed by atoms with Gasteiger partial charge in [0.15, 0.2) is 5.82 Å². The van der Waals surface area contributed by atoms with Gasteiger partial charge in [-0.05, 0) is 54.3 Å². The third kappa shape index (κ3) is 2.91. The zero-order valence-corrected chi connectivity index (χ0v) is 14.3. The van der Waals surface area contributed by atoms with Gasteiger partial charge in [0.1, 0.15) is 5.69 Å². The molecule has 1 amide bonds. The van der Waals surface area contributed by atoms with Crippen LogP contribution >= 0.6 is 11.6 Å². The first-order chi connectivity index (χ1) is 11.6. The van der Waals surface area contributed by atoms with E-state index in [-0.39, 0.29) is 17.4 Å². The summed E-state index contributed by atoms with van der Waals surface area (Å²) in [4.78, 5) is 17.5. The van der Waals surface area contributed by atoms with E-state index in [1.807, 2.05) is 7.05 Å². The van der Waals surface area contributed by atoms with Crippen molar-refractivity contribution < 1.29 is 4.79 Å². The van der Waals surface area contributed by atoms with Gasteiger partial charge in [-0.15, -0.1) is 5.10 Å². The lowest BCUT2D eigenvalue weighted by Gasteiger charge is -2.32. The fourth-order valence-electron chi connectivity index (χ4n) is 3.58. The summed E-state index contributed by atoms with van der Waals surface area (Å²) in [7, 11) is 1.86. The van der Waals surface area contributed by atoms with E-state index in [0.717, 1.165) is 44.7 Å². The number of nitrogens with one attached hydrogen (secondary N) is 2. The van der Waals surface area contributed by atoms with Crippen molar-refractivity contribution in [1.29, 1.82) is 0 Å². The van der Waals surface area contributed by atoms with Gasteiger partial charge in [-0.25, -0.2) is 4.68 Å². The number of hydrogen-bond acceptors (Lipinski definition) is 5. The molecule has 2 aromatic heterocycles. The van der Waals surface area contributed by atoms with E-state index in [1.54, 1.807) is 16.9 Å². The number of nitrogens with zero attached hydrogens (tertiary/aromatic N) is 5. The third-order valence-electron chi connectivity index (χ3n) is 5.31. The second-order valence-electron chi connectivity index (χ2n) is 6.82. The molecular formula is C15H20ClN7O. The molecule has 4 rings (SSSR count). The Morgan fingerprint density at radius 1 is 1.50 bits per heavy atom. The predicted octanol–water partition coefficient (Wildman–Crippen LogP) is 0.976. The fraction of sp³-hybridized carbons (Fsp3) is 0.600. The molecule has 8 nitrogen and oxygen atoms in total. The number of amides is 1. The number of H-pyrrole nitrogens is 1. The second-order valence-corrected chi connectivity index (χ2v) is 7.26. The van der Waals surface area contributed by atoms with Gasteiger partial charge in [-0.3, -0.25) is 9.69 Å². The van der Waals surface area contributed by atoms with Crippen LogP contribution in [-0.2, 0) is 13.6 Å². The maximum atomic E-state index is 12.2. The van der Waals surface area contributed by atoms with Gasteiger partial charge in [0, 0.05) is 19.3 Å². The third-order valence-corrected chi connectivity index (χ3v) is 5.53. The molecule has 9 heteroatoms. The molecule has 0 radical (unpaired) electrons. The van der Waals surface area contributed by atoms with Crippen LogP contribution < -0.4 is 5.32 Å². The number of rotatable bonds is 4. The highest BCUT2D eigenvalue weighted by Gasteiger charge is 2.55. The first kappa shape index (κ1) is 15.6. The summed E-state index contributed by atoms with van der Waals surface area (Å²) in [5.74, 6) is 0.812. The summed E-state index contributed by atoms with van der Waals surface area (Å²) in [6.45, 7) is 2.79. The molecule has 1 saturated heterocycles. The molecule has 2 N–H and O–H groups in total. The van der Waals surface area contributed by atoms with Crippen molar-refractivity contribution in [2.75, 3.05) is 13.1 Å². The minimum absolute atomic E-state index is 0.0728. The lowest BCUT2D eigenvalue weighted by molar-refractivity contribution is 0.0929. The van der Waals surface area contributed by atoms with Crippen LogP contribution in [0.5, 0.6) is 0 Å². The van der Waals surface area contributed by atoms with Crippen molar-refractivity contribution in [2.24, 2.45) is 12.5 Å². The number of aromatic nitrogens is 5. The van der Waals surface area contributed by atoms with Crippen LogP contribution in [0.15, 0.2) is 12.3 Å². The molecule has 0 bridgehead atoms.